The second kappa shape index (κ2) is 7.13. The number of anilines is 1. The van der Waals surface area contributed by atoms with E-state index in [4.69, 9.17) is 5.73 Å². The number of halogens is 1. The Morgan fingerprint density at radius 2 is 2.16 bits per heavy atom. The molecule has 0 radical (unpaired) electrons. The summed E-state index contributed by atoms with van der Waals surface area (Å²) in [6, 6.07) is 4.18. The number of amides is 2. The van der Waals surface area contributed by atoms with E-state index in [9.17, 15) is 14.0 Å². The first-order valence-corrected chi connectivity index (χ1v) is 5.55. The first kappa shape index (κ1) is 14.7. The van der Waals surface area contributed by atoms with Crippen LogP contribution in [0.1, 0.15) is 12.5 Å². The van der Waals surface area contributed by atoms with Crippen molar-refractivity contribution in [2.45, 2.75) is 6.92 Å². The van der Waals surface area contributed by atoms with Crippen molar-refractivity contribution >= 4 is 17.5 Å². The predicted octanol–water partition coefficient (Wildman–Crippen LogP) is 0.210. The highest BCUT2D eigenvalue weighted by Gasteiger charge is 2.07. The molecule has 0 spiro atoms. The number of carbonyl (C=O) groups is 2. The fourth-order valence-corrected chi connectivity index (χ4v) is 1.25. The molecule has 1 aromatic rings. The lowest BCUT2D eigenvalue weighted by Gasteiger charge is -2.07. The van der Waals surface area contributed by atoms with E-state index in [0.717, 1.165) is 0 Å². The van der Waals surface area contributed by atoms with E-state index in [2.05, 4.69) is 22.5 Å². The summed E-state index contributed by atoms with van der Waals surface area (Å²) in [4.78, 5) is 22.0. The molecule has 1 aromatic carbocycles. The maximum atomic E-state index is 13.6. The summed E-state index contributed by atoms with van der Waals surface area (Å²) in [7, 11) is 0. The maximum absolute atomic E-state index is 13.6. The van der Waals surface area contributed by atoms with Gasteiger partial charge in [-0.2, -0.15) is 0 Å². The lowest BCUT2D eigenvalue weighted by Crippen LogP contribution is -2.31. The number of nitrogens with one attached hydrogen (secondary N) is 2. The molecule has 0 fully saturated rings. The minimum Gasteiger partial charge on any atom is -0.347 e. The molecule has 0 saturated carbocycles. The van der Waals surface area contributed by atoms with Crippen molar-refractivity contribution in [3.8, 4) is 11.8 Å². The number of rotatable bonds is 3. The molecular formula is C13H14FN3O2. The molecule has 0 saturated heterocycles. The second-order valence-electron chi connectivity index (χ2n) is 3.66. The normalized spacial score (nSPS) is 9.21. The molecule has 0 aromatic heterocycles. The van der Waals surface area contributed by atoms with E-state index >= 15 is 0 Å². The molecule has 1 rings (SSSR count). The fraction of sp³-hybridized carbons (Fsp3) is 0.231. The molecule has 0 heterocycles. The number of carbonyl (C=O) groups excluding carboxylic acids is 2. The van der Waals surface area contributed by atoms with Gasteiger partial charge in [-0.15, -0.1) is 0 Å². The summed E-state index contributed by atoms with van der Waals surface area (Å²) >= 11 is 0. The summed E-state index contributed by atoms with van der Waals surface area (Å²) in [6.45, 7) is 1.28. The highest BCUT2D eigenvalue weighted by atomic mass is 19.1. The van der Waals surface area contributed by atoms with Gasteiger partial charge in [-0.05, 0) is 18.2 Å². The van der Waals surface area contributed by atoms with Gasteiger partial charge in [0.1, 0.15) is 5.82 Å². The monoisotopic (exact) mass is 263 g/mol. The van der Waals surface area contributed by atoms with Gasteiger partial charge in [0.05, 0.1) is 18.8 Å². The Morgan fingerprint density at radius 3 is 2.74 bits per heavy atom. The molecule has 0 aliphatic rings. The van der Waals surface area contributed by atoms with Crippen LogP contribution in [0.15, 0.2) is 18.2 Å². The van der Waals surface area contributed by atoms with E-state index in [1.54, 1.807) is 6.07 Å². The van der Waals surface area contributed by atoms with Gasteiger partial charge in [-0.3, -0.25) is 9.59 Å². The summed E-state index contributed by atoms with van der Waals surface area (Å²) in [5, 5.41) is 4.66. The average Bonchev–Trinajstić information content (AvgIpc) is 2.37. The smallest absolute Gasteiger partial charge is 0.243 e. The van der Waals surface area contributed by atoms with Gasteiger partial charge in [0.2, 0.25) is 11.8 Å². The Morgan fingerprint density at radius 1 is 1.42 bits per heavy atom. The van der Waals surface area contributed by atoms with E-state index in [1.807, 2.05) is 0 Å². The van der Waals surface area contributed by atoms with Crippen molar-refractivity contribution in [3.63, 3.8) is 0 Å². The highest BCUT2D eigenvalue weighted by Crippen LogP contribution is 2.15. The van der Waals surface area contributed by atoms with Gasteiger partial charge < -0.3 is 16.4 Å². The minimum atomic E-state index is -0.597. The standard InChI is InChI=1S/C13H14FN3O2/c1-9(18)16-8-13(19)17-12-5-4-10(3-2-6-15)7-11(12)14/h4-5,7H,6,8,15H2,1H3,(H,16,18)(H,17,19). The van der Waals surface area contributed by atoms with Crippen LogP contribution >= 0.6 is 0 Å². The summed E-state index contributed by atoms with van der Waals surface area (Å²) in [5.74, 6) is 3.85. The van der Waals surface area contributed by atoms with Crippen LogP contribution in [0.4, 0.5) is 10.1 Å². The quantitative estimate of drug-likeness (QED) is 0.682. The Balaban J connectivity index is 2.69. The Labute approximate surface area is 110 Å². The van der Waals surface area contributed by atoms with Gasteiger partial charge in [0.25, 0.3) is 0 Å². The maximum Gasteiger partial charge on any atom is 0.243 e. The Kier molecular flexibility index (Phi) is 5.51. The van der Waals surface area contributed by atoms with Crippen LogP contribution < -0.4 is 16.4 Å². The first-order valence-electron chi connectivity index (χ1n) is 5.55. The van der Waals surface area contributed by atoms with E-state index in [0.29, 0.717) is 5.56 Å². The SMILES string of the molecule is CC(=O)NCC(=O)Nc1ccc(C#CCN)cc1F. The van der Waals surface area contributed by atoms with Gasteiger partial charge in [0.15, 0.2) is 0 Å². The number of hydrogen-bond donors (Lipinski definition) is 3. The van der Waals surface area contributed by atoms with E-state index in [-0.39, 0.29) is 24.7 Å². The van der Waals surface area contributed by atoms with Gasteiger partial charge in [-0.1, -0.05) is 11.8 Å². The van der Waals surface area contributed by atoms with Crippen LogP contribution in [-0.4, -0.2) is 24.9 Å². The molecule has 6 heteroatoms. The van der Waals surface area contributed by atoms with Gasteiger partial charge in [0, 0.05) is 12.5 Å². The van der Waals surface area contributed by atoms with Crippen molar-refractivity contribution in [1.29, 1.82) is 0 Å². The third-order valence-corrected chi connectivity index (χ3v) is 2.08. The molecule has 4 N–H and O–H groups in total. The summed E-state index contributed by atoms with van der Waals surface area (Å²) in [5.41, 5.74) is 5.72. The van der Waals surface area contributed by atoms with Gasteiger partial charge >= 0.3 is 0 Å². The van der Waals surface area contributed by atoms with Crippen molar-refractivity contribution in [2.24, 2.45) is 5.73 Å². The zero-order valence-electron chi connectivity index (χ0n) is 10.4. The number of hydrogen-bond acceptors (Lipinski definition) is 3. The minimum absolute atomic E-state index is 0.0358. The molecular weight excluding hydrogens is 249 g/mol. The molecule has 100 valence electrons. The first-order chi connectivity index (χ1) is 9.02. The topological polar surface area (TPSA) is 84.2 Å². The van der Waals surface area contributed by atoms with Crippen molar-refractivity contribution < 1.29 is 14.0 Å². The molecule has 5 nitrogen and oxygen atoms in total. The average molecular weight is 263 g/mol. The molecule has 0 aliphatic carbocycles. The van der Waals surface area contributed by atoms with E-state index in [1.165, 1.54) is 19.1 Å². The van der Waals surface area contributed by atoms with Crippen LogP contribution in [0.5, 0.6) is 0 Å². The summed E-state index contributed by atoms with van der Waals surface area (Å²) < 4.78 is 13.6. The lowest BCUT2D eigenvalue weighted by molar-refractivity contribution is -0.122. The Bertz CT molecular complexity index is 547. The third kappa shape index (κ3) is 5.19. The highest BCUT2D eigenvalue weighted by molar-refractivity contribution is 5.94. The van der Waals surface area contributed by atoms with Crippen LogP contribution in [0.25, 0.3) is 0 Å². The molecule has 0 aliphatic heterocycles. The third-order valence-electron chi connectivity index (χ3n) is 2.08. The molecule has 0 bridgehead atoms. The number of nitrogens with two attached hydrogens (primary N) is 1. The predicted molar refractivity (Wildman–Crippen MR) is 69.6 cm³/mol. The Hall–Kier alpha value is -2.39. The van der Waals surface area contributed by atoms with Crippen LogP contribution in [0.3, 0.4) is 0 Å². The van der Waals surface area contributed by atoms with Gasteiger partial charge in [-0.25, -0.2) is 4.39 Å². The van der Waals surface area contributed by atoms with Crippen molar-refractivity contribution in [3.05, 3.63) is 29.6 Å². The van der Waals surface area contributed by atoms with Crippen LogP contribution in [-0.2, 0) is 9.59 Å². The number of benzene rings is 1. The second-order valence-corrected chi connectivity index (χ2v) is 3.66. The summed E-state index contributed by atoms with van der Waals surface area (Å²) in [6.07, 6.45) is 0. The molecule has 19 heavy (non-hydrogen) atoms. The van der Waals surface area contributed by atoms with Crippen LogP contribution in [0, 0.1) is 17.7 Å². The van der Waals surface area contributed by atoms with E-state index < -0.39 is 11.7 Å². The zero-order chi connectivity index (χ0) is 14.3. The molecule has 2 amide bonds. The fourth-order valence-electron chi connectivity index (χ4n) is 1.25. The lowest BCUT2D eigenvalue weighted by atomic mass is 10.2. The molecule has 0 unspecified atom stereocenters. The van der Waals surface area contributed by atoms with Crippen molar-refractivity contribution in [1.82, 2.24) is 5.32 Å². The zero-order valence-corrected chi connectivity index (χ0v) is 10.4. The largest absolute Gasteiger partial charge is 0.347 e. The molecule has 0 atom stereocenters. The van der Waals surface area contributed by atoms with Crippen molar-refractivity contribution in [2.75, 3.05) is 18.4 Å². The van der Waals surface area contributed by atoms with Crippen LogP contribution in [0.2, 0.25) is 0 Å².